The van der Waals surface area contributed by atoms with Gasteiger partial charge in [0, 0.05) is 32.1 Å². The van der Waals surface area contributed by atoms with E-state index in [0.29, 0.717) is 19.4 Å². The molecule has 2 aliphatic rings. The number of carbonyl (C=O) groups is 2. The molecular formula is C23H31F4N3O2. The summed E-state index contributed by atoms with van der Waals surface area (Å²) in [5, 5.41) is 0. The molecule has 2 heterocycles. The molecule has 3 rings (SSSR count). The molecule has 0 aromatic heterocycles. The van der Waals surface area contributed by atoms with E-state index in [-0.39, 0.29) is 17.5 Å². The number of likely N-dealkylation sites (tertiary alicyclic amines) is 2. The molecule has 178 valence electrons. The zero-order chi connectivity index (χ0) is 23.7. The highest BCUT2D eigenvalue weighted by Gasteiger charge is 2.41. The molecule has 2 atom stereocenters. The van der Waals surface area contributed by atoms with Gasteiger partial charge in [0.1, 0.15) is 5.82 Å². The zero-order valence-electron chi connectivity index (χ0n) is 18.6. The van der Waals surface area contributed by atoms with Gasteiger partial charge in [-0.3, -0.25) is 9.59 Å². The maximum absolute atomic E-state index is 13.7. The van der Waals surface area contributed by atoms with Crippen LogP contribution in [0.4, 0.5) is 17.6 Å². The van der Waals surface area contributed by atoms with Gasteiger partial charge in [0.05, 0.1) is 11.0 Å². The number of primary amides is 1. The van der Waals surface area contributed by atoms with Crippen molar-refractivity contribution >= 4 is 11.8 Å². The van der Waals surface area contributed by atoms with Crippen molar-refractivity contribution in [3.63, 3.8) is 0 Å². The summed E-state index contributed by atoms with van der Waals surface area (Å²) in [5.74, 6) is -2.34. The van der Waals surface area contributed by atoms with Crippen LogP contribution in [0.5, 0.6) is 0 Å². The van der Waals surface area contributed by atoms with Crippen LogP contribution in [0.3, 0.4) is 0 Å². The number of piperidine rings is 1. The SMILES string of the molecule is CC(c1ccc(F)c(C(F)(F)F)c1)C(C)(CCN1CCC(N2CCCC2=O)CC1)C(N)=O. The molecule has 0 spiro atoms. The first-order chi connectivity index (χ1) is 14.9. The Hall–Kier alpha value is -2.16. The molecule has 1 aromatic carbocycles. The Labute approximate surface area is 185 Å². The molecule has 1 aromatic rings. The molecule has 2 N–H and O–H groups in total. The number of halogens is 4. The Morgan fingerprint density at radius 3 is 2.41 bits per heavy atom. The maximum atomic E-state index is 13.7. The summed E-state index contributed by atoms with van der Waals surface area (Å²) in [5.41, 5.74) is 3.49. The van der Waals surface area contributed by atoms with Crippen molar-refractivity contribution in [2.24, 2.45) is 11.1 Å². The Balaban J connectivity index is 1.66. The lowest BCUT2D eigenvalue weighted by molar-refractivity contribution is -0.140. The van der Waals surface area contributed by atoms with Crippen LogP contribution in [0.2, 0.25) is 0 Å². The third kappa shape index (κ3) is 5.08. The average Bonchev–Trinajstić information content (AvgIpc) is 3.17. The van der Waals surface area contributed by atoms with Crippen molar-refractivity contribution in [1.29, 1.82) is 0 Å². The van der Waals surface area contributed by atoms with Gasteiger partial charge in [0.25, 0.3) is 0 Å². The van der Waals surface area contributed by atoms with Gasteiger partial charge in [-0.15, -0.1) is 0 Å². The van der Waals surface area contributed by atoms with E-state index >= 15 is 0 Å². The normalized spacial score (nSPS) is 21.6. The molecule has 0 saturated carbocycles. The molecule has 9 heteroatoms. The van der Waals surface area contributed by atoms with E-state index in [1.54, 1.807) is 13.8 Å². The minimum Gasteiger partial charge on any atom is -0.369 e. The van der Waals surface area contributed by atoms with Crippen LogP contribution in [-0.4, -0.2) is 53.8 Å². The van der Waals surface area contributed by atoms with Crippen molar-refractivity contribution in [1.82, 2.24) is 9.80 Å². The van der Waals surface area contributed by atoms with Crippen molar-refractivity contribution in [3.8, 4) is 0 Å². The van der Waals surface area contributed by atoms with E-state index in [1.165, 1.54) is 6.07 Å². The second-order valence-corrected chi connectivity index (χ2v) is 9.25. The minimum absolute atomic E-state index is 0.219. The third-order valence-electron chi connectivity index (χ3n) is 7.37. The average molecular weight is 458 g/mol. The van der Waals surface area contributed by atoms with E-state index in [2.05, 4.69) is 4.90 Å². The molecule has 2 saturated heterocycles. The number of benzene rings is 1. The van der Waals surface area contributed by atoms with Crippen molar-refractivity contribution in [2.45, 2.75) is 64.1 Å². The van der Waals surface area contributed by atoms with Crippen LogP contribution in [0.1, 0.15) is 63.0 Å². The Bertz CT molecular complexity index is 852. The van der Waals surface area contributed by atoms with Gasteiger partial charge in [-0.1, -0.05) is 19.9 Å². The number of nitrogens with zero attached hydrogens (tertiary/aromatic N) is 2. The molecule has 2 unspecified atom stereocenters. The molecule has 2 aliphatic heterocycles. The standard InChI is InChI=1S/C23H31F4N3O2/c1-15(16-5-6-19(24)18(14-16)23(25,26)27)22(2,21(28)32)9-13-29-11-7-17(8-12-29)30-10-3-4-20(30)31/h5-6,14-15,17H,3-4,7-13H2,1-2H3,(H2,28,32). The molecule has 0 aliphatic carbocycles. The predicted octanol–water partition coefficient (Wildman–Crippen LogP) is 3.92. The topological polar surface area (TPSA) is 66.6 Å². The van der Waals surface area contributed by atoms with Crippen LogP contribution in [0.15, 0.2) is 18.2 Å². The molecule has 5 nitrogen and oxygen atoms in total. The van der Waals surface area contributed by atoms with Gasteiger partial charge in [-0.05, 0) is 55.8 Å². The fraction of sp³-hybridized carbons (Fsp3) is 0.652. The van der Waals surface area contributed by atoms with Gasteiger partial charge < -0.3 is 15.5 Å². The largest absolute Gasteiger partial charge is 0.419 e. The molecule has 0 radical (unpaired) electrons. The second kappa shape index (κ2) is 9.37. The monoisotopic (exact) mass is 457 g/mol. The van der Waals surface area contributed by atoms with E-state index in [0.717, 1.165) is 51.0 Å². The Kier molecular flexibility index (Phi) is 7.17. The summed E-state index contributed by atoms with van der Waals surface area (Å²) in [6.45, 7) is 6.27. The Morgan fingerprint density at radius 1 is 1.22 bits per heavy atom. The molecular weight excluding hydrogens is 426 g/mol. The van der Waals surface area contributed by atoms with Crippen molar-refractivity contribution in [2.75, 3.05) is 26.2 Å². The van der Waals surface area contributed by atoms with Gasteiger partial charge in [-0.2, -0.15) is 13.2 Å². The van der Waals surface area contributed by atoms with Crippen LogP contribution < -0.4 is 5.73 Å². The summed E-state index contributed by atoms with van der Waals surface area (Å²) in [6.07, 6.45) is -1.19. The lowest BCUT2D eigenvalue weighted by Gasteiger charge is -2.39. The molecule has 2 fully saturated rings. The summed E-state index contributed by atoms with van der Waals surface area (Å²) in [7, 11) is 0. The van der Waals surface area contributed by atoms with Crippen LogP contribution in [-0.2, 0) is 15.8 Å². The lowest BCUT2D eigenvalue weighted by Crippen LogP contribution is -2.47. The highest BCUT2D eigenvalue weighted by Crippen LogP contribution is 2.41. The molecule has 32 heavy (non-hydrogen) atoms. The van der Waals surface area contributed by atoms with E-state index < -0.39 is 34.8 Å². The lowest BCUT2D eigenvalue weighted by atomic mass is 9.71. The number of nitrogens with two attached hydrogens (primary N) is 1. The predicted molar refractivity (Wildman–Crippen MR) is 112 cm³/mol. The smallest absolute Gasteiger partial charge is 0.369 e. The fourth-order valence-electron chi connectivity index (χ4n) is 4.85. The van der Waals surface area contributed by atoms with Crippen molar-refractivity contribution in [3.05, 3.63) is 35.1 Å². The van der Waals surface area contributed by atoms with Gasteiger partial charge in [0.2, 0.25) is 11.8 Å². The van der Waals surface area contributed by atoms with E-state index in [1.807, 2.05) is 4.90 Å². The minimum atomic E-state index is -4.82. The number of rotatable bonds is 7. The number of carbonyl (C=O) groups excluding carboxylic acids is 2. The van der Waals surface area contributed by atoms with Crippen molar-refractivity contribution < 1.29 is 27.2 Å². The number of amides is 2. The fourth-order valence-corrected chi connectivity index (χ4v) is 4.85. The van der Waals surface area contributed by atoms with Gasteiger partial charge in [0.15, 0.2) is 0 Å². The van der Waals surface area contributed by atoms with Gasteiger partial charge in [-0.25, -0.2) is 4.39 Å². The van der Waals surface area contributed by atoms with Crippen LogP contribution in [0.25, 0.3) is 0 Å². The second-order valence-electron chi connectivity index (χ2n) is 9.25. The summed E-state index contributed by atoms with van der Waals surface area (Å²) in [6, 6.07) is 3.11. The highest BCUT2D eigenvalue weighted by atomic mass is 19.4. The zero-order valence-corrected chi connectivity index (χ0v) is 18.6. The number of alkyl halides is 3. The highest BCUT2D eigenvalue weighted by molar-refractivity contribution is 5.81. The number of hydrogen-bond donors (Lipinski definition) is 1. The van der Waals surface area contributed by atoms with Gasteiger partial charge >= 0.3 is 6.18 Å². The summed E-state index contributed by atoms with van der Waals surface area (Å²) >= 11 is 0. The maximum Gasteiger partial charge on any atom is 0.419 e. The van der Waals surface area contributed by atoms with Crippen LogP contribution >= 0.6 is 0 Å². The summed E-state index contributed by atoms with van der Waals surface area (Å²) < 4.78 is 53.1. The first-order valence-electron chi connectivity index (χ1n) is 11.1. The van der Waals surface area contributed by atoms with E-state index in [9.17, 15) is 27.2 Å². The first-order valence-corrected chi connectivity index (χ1v) is 11.1. The third-order valence-corrected chi connectivity index (χ3v) is 7.37. The molecule has 0 bridgehead atoms. The molecule has 2 amide bonds. The van der Waals surface area contributed by atoms with E-state index in [4.69, 9.17) is 5.73 Å². The first kappa shape index (κ1) is 24.5. The van der Waals surface area contributed by atoms with Crippen LogP contribution in [0, 0.1) is 11.2 Å². The number of hydrogen-bond acceptors (Lipinski definition) is 3. The summed E-state index contributed by atoms with van der Waals surface area (Å²) in [4.78, 5) is 28.5. The quantitative estimate of drug-likeness (QED) is 0.632. The Morgan fingerprint density at radius 2 is 1.88 bits per heavy atom.